The molecular formula is C16H13ClINO3. The van der Waals surface area contributed by atoms with Crippen molar-refractivity contribution >= 4 is 51.8 Å². The monoisotopic (exact) mass is 429 g/mol. The second-order valence-corrected chi connectivity index (χ2v) is 6.20. The Morgan fingerprint density at radius 3 is 2.55 bits per heavy atom. The number of halogens is 2. The molecule has 1 N–H and O–H groups in total. The van der Waals surface area contributed by atoms with Crippen LogP contribution in [0.25, 0.3) is 0 Å². The van der Waals surface area contributed by atoms with E-state index in [-0.39, 0.29) is 5.91 Å². The van der Waals surface area contributed by atoms with Crippen LogP contribution in [0.3, 0.4) is 0 Å². The Morgan fingerprint density at radius 2 is 1.91 bits per heavy atom. The molecule has 2 aromatic carbocycles. The number of aryl methyl sites for hydroxylation is 1. The molecule has 0 spiro atoms. The fraction of sp³-hybridized carbons (Fsp3) is 0.125. The van der Waals surface area contributed by atoms with Gasteiger partial charge in [0.1, 0.15) is 0 Å². The lowest BCUT2D eigenvalue weighted by Gasteiger charge is -2.11. The van der Waals surface area contributed by atoms with E-state index in [2.05, 4.69) is 32.6 Å². The molecule has 0 aliphatic carbocycles. The van der Waals surface area contributed by atoms with Crippen LogP contribution in [0.2, 0.25) is 5.02 Å². The van der Waals surface area contributed by atoms with Crippen LogP contribution in [-0.2, 0) is 4.74 Å². The first-order valence-corrected chi connectivity index (χ1v) is 7.83. The molecule has 114 valence electrons. The maximum atomic E-state index is 12.3. The summed E-state index contributed by atoms with van der Waals surface area (Å²) in [4.78, 5) is 23.8. The lowest BCUT2D eigenvalue weighted by Crippen LogP contribution is -2.14. The summed E-state index contributed by atoms with van der Waals surface area (Å²) < 4.78 is 5.48. The first kappa shape index (κ1) is 16.8. The summed E-state index contributed by atoms with van der Waals surface area (Å²) in [6, 6.07) is 10.1. The Kier molecular flexibility index (Phi) is 5.42. The molecule has 1 amide bonds. The number of nitrogens with one attached hydrogen (secondary N) is 1. The third-order valence-corrected chi connectivity index (χ3v) is 4.24. The molecule has 0 radical (unpaired) electrons. The highest BCUT2D eigenvalue weighted by atomic mass is 127. The first-order valence-electron chi connectivity index (χ1n) is 6.37. The van der Waals surface area contributed by atoms with Crippen LogP contribution in [0.5, 0.6) is 0 Å². The lowest BCUT2D eigenvalue weighted by atomic mass is 10.1. The van der Waals surface area contributed by atoms with Gasteiger partial charge in [0, 0.05) is 14.3 Å². The molecule has 0 bridgehead atoms. The number of anilines is 1. The molecule has 2 aromatic rings. The van der Waals surface area contributed by atoms with E-state index in [1.165, 1.54) is 7.11 Å². The van der Waals surface area contributed by atoms with Crippen LogP contribution in [0, 0.1) is 10.5 Å². The average molecular weight is 430 g/mol. The van der Waals surface area contributed by atoms with Crippen molar-refractivity contribution in [3.8, 4) is 0 Å². The highest BCUT2D eigenvalue weighted by Crippen LogP contribution is 2.22. The van der Waals surface area contributed by atoms with Gasteiger partial charge >= 0.3 is 5.97 Å². The summed E-state index contributed by atoms with van der Waals surface area (Å²) in [5.41, 5.74) is 2.35. The quantitative estimate of drug-likeness (QED) is 0.585. The molecule has 4 nitrogen and oxygen atoms in total. The van der Waals surface area contributed by atoms with Gasteiger partial charge in [0.05, 0.1) is 18.2 Å². The molecule has 22 heavy (non-hydrogen) atoms. The summed E-state index contributed by atoms with van der Waals surface area (Å²) >= 11 is 8.01. The van der Waals surface area contributed by atoms with Crippen LogP contribution in [0.15, 0.2) is 36.4 Å². The molecule has 0 atom stereocenters. The molecule has 0 unspecified atom stereocenters. The van der Waals surface area contributed by atoms with Gasteiger partial charge < -0.3 is 10.1 Å². The van der Waals surface area contributed by atoms with Gasteiger partial charge in [-0.15, -0.1) is 0 Å². The van der Waals surface area contributed by atoms with E-state index in [0.717, 1.165) is 9.13 Å². The zero-order valence-corrected chi connectivity index (χ0v) is 14.9. The van der Waals surface area contributed by atoms with Crippen molar-refractivity contribution in [2.45, 2.75) is 6.92 Å². The fourth-order valence-corrected chi connectivity index (χ4v) is 2.66. The second-order valence-electron chi connectivity index (χ2n) is 4.60. The summed E-state index contributed by atoms with van der Waals surface area (Å²) in [5.74, 6) is -0.661. The molecule has 0 aromatic heterocycles. The zero-order valence-electron chi connectivity index (χ0n) is 11.9. The first-order chi connectivity index (χ1) is 10.4. The molecule has 0 aliphatic heterocycles. The second kappa shape index (κ2) is 7.11. The van der Waals surface area contributed by atoms with Crippen LogP contribution in [0.4, 0.5) is 5.69 Å². The lowest BCUT2D eigenvalue weighted by molar-refractivity contribution is 0.0600. The topological polar surface area (TPSA) is 55.4 Å². The standard InChI is InChI=1S/C16H13ClINO3/c1-9-7-10(16(21)22-2)3-6-14(9)19-15(20)12-8-11(17)4-5-13(12)18/h3-8H,1-2H3,(H,19,20). The van der Waals surface area contributed by atoms with E-state index in [4.69, 9.17) is 11.6 Å². The molecule has 0 aliphatic rings. The van der Waals surface area contributed by atoms with Crippen molar-refractivity contribution in [2.24, 2.45) is 0 Å². The van der Waals surface area contributed by atoms with Crippen molar-refractivity contribution in [1.82, 2.24) is 0 Å². The number of carbonyl (C=O) groups is 2. The summed E-state index contributed by atoms with van der Waals surface area (Å²) in [6.07, 6.45) is 0. The van der Waals surface area contributed by atoms with E-state index in [0.29, 0.717) is 21.8 Å². The van der Waals surface area contributed by atoms with Gasteiger partial charge in [-0.3, -0.25) is 4.79 Å². The Morgan fingerprint density at radius 1 is 1.18 bits per heavy atom. The SMILES string of the molecule is COC(=O)c1ccc(NC(=O)c2cc(Cl)ccc2I)c(C)c1. The molecule has 0 saturated heterocycles. The molecule has 0 saturated carbocycles. The third kappa shape index (κ3) is 3.78. The van der Waals surface area contributed by atoms with Crippen molar-refractivity contribution in [3.05, 3.63) is 61.7 Å². The number of esters is 1. The largest absolute Gasteiger partial charge is 0.465 e. The number of benzene rings is 2. The van der Waals surface area contributed by atoms with Crippen molar-refractivity contribution in [2.75, 3.05) is 12.4 Å². The summed E-state index contributed by atoms with van der Waals surface area (Å²) in [7, 11) is 1.33. The van der Waals surface area contributed by atoms with Gasteiger partial charge in [-0.25, -0.2) is 4.79 Å². The minimum absolute atomic E-state index is 0.249. The van der Waals surface area contributed by atoms with Crippen molar-refractivity contribution in [3.63, 3.8) is 0 Å². The zero-order chi connectivity index (χ0) is 16.3. The van der Waals surface area contributed by atoms with Gasteiger partial charge in [-0.05, 0) is 71.5 Å². The predicted octanol–water partition coefficient (Wildman–Crippen LogP) is 4.29. The number of hydrogen-bond acceptors (Lipinski definition) is 3. The number of carbonyl (C=O) groups excluding carboxylic acids is 2. The molecule has 0 heterocycles. The van der Waals surface area contributed by atoms with Gasteiger partial charge in [-0.1, -0.05) is 11.6 Å². The third-order valence-electron chi connectivity index (χ3n) is 3.07. The molecular weight excluding hydrogens is 417 g/mol. The smallest absolute Gasteiger partial charge is 0.337 e. The van der Waals surface area contributed by atoms with Crippen molar-refractivity contribution < 1.29 is 14.3 Å². The Hall–Kier alpha value is -1.60. The number of methoxy groups -OCH3 is 1. The average Bonchev–Trinajstić information content (AvgIpc) is 2.50. The normalized spacial score (nSPS) is 10.2. The van der Waals surface area contributed by atoms with Crippen LogP contribution >= 0.6 is 34.2 Å². The van der Waals surface area contributed by atoms with E-state index in [1.54, 1.807) is 36.4 Å². The summed E-state index contributed by atoms with van der Waals surface area (Å²) in [5, 5.41) is 3.33. The van der Waals surface area contributed by atoms with Crippen LogP contribution < -0.4 is 5.32 Å². The molecule has 0 fully saturated rings. The maximum absolute atomic E-state index is 12.3. The van der Waals surface area contributed by atoms with E-state index < -0.39 is 5.97 Å². The van der Waals surface area contributed by atoms with Gasteiger partial charge in [0.15, 0.2) is 0 Å². The molecule has 2 rings (SSSR count). The van der Waals surface area contributed by atoms with Gasteiger partial charge in [0.2, 0.25) is 0 Å². The van der Waals surface area contributed by atoms with Crippen LogP contribution in [0.1, 0.15) is 26.3 Å². The predicted molar refractivity (Wildman–Crippen MR) is 94.6 cm³/mol. The number of hydrogen-bond donors (Lipinski definition) is 1. The minimum atomic E-state index is -0.412. The highest BCUT2D eigenvalue weighted by molar-refractivity contribution is 14.1. The minimum Gasteiger partial charge on any atom is -0.465 e. The van der Waals surface area contributed by atoms with Crippen molar-refractivity contribution in [1.29, 1.82) is 0 Å². The Balaban J connectivity index is 2.25. The highest BCUT2D eigenvalue weighted by Gasteiger charge is 2.13. The van der Waals surface area contributed by atoms with Gasteiger partial charge in [0.25, 0.3) is 5.91 Å². The number of ether oxygens (including phenoxy) is 1. The maximum Gasteiger partial charge on any atom is 0.337 e. The molecule has 6 heteroatoms. The van der Waals surface area contributed by atoms with Gasteiger partial charge in [-0.2, -0.15) is 0 Å². The van der Waals surface area contributed by atoms with E-state index in [9.17, 15) is 9.59 Å². The summed E-state index contributed by atoms with van der Waals surface area (Å²) in [6.45, 7) is 1.81. The Bertz CT molecular complexity index is 746. The van der Waals surface area contributed by atoms with E-state index >= 15 is 0 Å². The Labute approximate surface area is 146 Å². The van der Waals surface area contributed by atoms with E-state index in [1.807, 2.05) is 6.92 Å². The number of rotatable bonds is 3. The fourth-order valence-electron chi connectivity index (χ4n) is 1.91. The number of amides is 1. The van der Waals surface area contributed by atoms with Crippen LogP contribution in [-0.4, -0.2) is 19.0 Å².